The van der Waals surface area contributed by atoms with Crippen LogP contribution in [-0.2, 0) is 0 Å². The van der Waals surface area contributed by atoms with Crippen LogP contribution in [-0.4, -0.2) is 33.7 Å². The number of aromatic nitrogens is 2. The summed E-state index contributed by atoms with van der Waals surface area (Å²) in [4.78, 5) is 15.0. The second-order valence-electron chi connectivity index (χ2n) is 6.31. The largest absolute Gasteiger partial charge is 0.335 e. The van der Waals surface area contributed by atoms with Crippen molar-refractivity contribution in [3.63, 3.8) is 0 Å². The second kappa shape index (κ2) is 7.83. The lowest BCUT2D eigenvalue weighted by atomic mass is 10.1. The van der Waals surface area contributed by atoms with Crippen LogP contribution in [0.3, 0.4) is 0 Å². The lowest BCUT2D eigenvalue weighted by Gasteiger charge is -2.20. The summed E-state index contributed by atoms with van der Waals surface area (Å²) in [5.74, 6) is -0.0310. The van der Waals surface area contributed by atoms with Crippen LogP contribution in [0.4, 0.5) is 0 Å². The molecule has 0 radical (unpaired) electrons. The molecule has 26 heavy (non-hydrogen) atoms. The van der Waals surface area contributed by atoms with E-state index >= 15 is 0 Å². The molecule has 0 aliphatic heterocycles. The quantitative estimate of drug-likeness (QED) is 0.614. The Labute approximate surface area is 154 Å². The number of amides is 1. The van der Waals surface area contributed by atoms with Gasteiger partial charge in [0.2, 0.25) is 0 Å². The Morgan fingerprint density at radius 3 is 2.27 bits per heavy atom. The summed E-state index contributed by atoms with van der Waals surface area (Å²) < 4.78 is 1.77. The van der Waals surface area contributed by atoms with Crippen LogP contribution >= 0.6 is 0 Å². The number of likely N-dealkylation sites (N-methyl/N-ethyl adjacent to an activating group) is 1. The standard InChI is InChI=1S/C22H23N3O/c1-4-24(15-17(2)3)22(26)20-16-25(19-13-9-6-10-14-19)23-21(20)18-11-7-5-8-12-18/h5-14,16H,2,4,15H2,1,3H3. The lowest BCUT2D eigenvalue weighted by molar-refractivity contribution is 0.0779. The second-order valence-corrected chi connectivity index (χ2v) is 6.31. The van der Waals surface area contributed by atoms with Crippen molar-refractivity contribution in [1.29, 1.82) is 0 Å². The molecule has 0 spiro atoms. The van der Waals surface area contributed by atoms with Crippen molar-refractivity contribution >= 4 is 5.91 Å². The van der Waals surface area contributed by atoms with Gasteiger partial charge in [-0.1, -0.05) is 60.7 Å². The highest BCUT2D eigenvalue weighted by molar-refractivity contribution is 6.00. The summed E-state index contributed by atoms with van der Waals surface area (Å²) in [5, 5.41) is 4.71. The number of nitrogens with zero attached hydrogens (tertiary/aromatic N) is 3. The van der Waals surface area contributed by atoms with Gasteiger partial charge in [-0.05, 0) is 26.0 Å². The molecule has 0 unspecified atom stereocenters. The highest BCUT2D eigenvalue weighted by Gasteiger charge is 2.22. The van der Waals surface area contributed by atoms with Crippen LogP contribution in [0.2, 0.25) is 0 Å². The molecule has 0 bridgehead atoms. The topological polar surface area (TPSA) is 38.1 Å². The third-order valence-corrected chi connectivity index (χ3v) is 4.14. The summed E-state index contributed by atoms with van der Waals surface area (Å²) >= 11 is 0. The number of rotatable bonds is 6. The Kier molecular flexibility index (Phi) is 5.32. The molecule has 4 nitrogen and oxygen atoms in total. The maximum Gasteiger partial charge on any atom is 0.257 e. The van der Waals surface area contributed by atoms with E-state index in [2.05, 4.69) is 6.58 Å². The van der Waals surface area contributed by atoms with Crippen molar-refractivity contribution in [2.75, 3.05) is 13.1 Å². The normalized spacial score (nSPS) is 10.5. The Hall–Kier alpha value is -3.14. The van der Waals surface area contributed by atoms with Crippen molar-refractivity contribution in [2.45, 2.75) is 13.8 Å². The zero-order valence-corrected chi connectivity index (χ0v) is 15.2. The van der Waals surface area contributed by atoms with Gasteiger partial charge in [0.05, 0.1) is 11.3 Å². The molecule has 2 aromatic carbocycles. The summed E-state index contributed by atoms with van der Waals surface area (Å²) in [7, 11) is 0. The van der Waals surface area contributed by atoms with E-state index in [0.29, 0.717) is 24.3 Å². The fourth-order valence-corrected chi connectivity index (χ4v) is 2.88. The zero-order valence-electron chi connectivity index (χ0n) is 15.2. The molecule has 0 aliphatic rings. The minimum Gasteiger partial charge on any atom is -0.335 e. The van der Waals surface area contributed by atoms with E-state index in [4.69, 9.17) is 5.10 Å². The lowest BCUT2D eigenvalue weighted by Crippen LogP contribution is -2.32. The Bertz CT molecular complexity index is 898. The molecule has 0 saturated carbocycles. The Morgan fingerprint density at radius 2 is 1.69 bits per heavy atom. The third kappa shape index (κ3) is 3.75. The fourth-order valence-electron chi connectivity index (χ4n) is 2.88. The molecule has 1 heterocycles. The maximum atomic E-state index is 13.2. The summed E-state index contributed by atoms with van der Waals surface area (Å²) in [6.45, 7) is 9.01. The van der Waals surface area contributed by atoms with Crippen LogP contribution in [0, 0.1) is 0 Å². The molecule has 0 aliphatic carbocycles. The molecule has 0 atom stereocenters. The van der Waals surface area contributed by atoms with E-state index in [1.165, 1.54) is 0 Å². The number of hydrogen-bond donors (Lipinski definition) is 0. The van der Waals surface area contributed by atoms with Gasteiger partial charge in [0.1, 0.15) is 5.69 Å². The van der Waals surface area contributed by atoms with Crippen LogP contribution < -0.4 is 0 Å². The van der Waals surface area contributed by atoms with Crippen molar-refractivity contribution in [1.82, 2.24) is 14.7 Å². The van der Waals surface area contributed by atoms with E-state index in [0.717, 1.165) is 16.8 Å². The molecule has 4 heteroatoms. The monoisotopic (exact) mass is 345 g/mol. The molecule has 1 aromatic heterocycles. The van der Waals surface area contributed by atoms with Gasteiger partial charge in [-0.25, -0.2) is 4.68 Å². The van der Waals surface area contributed by atoms with E-state index in [-0.39, 0.29) is 5.91 Å². The molecule has 3 rings (SSSR count). The first-order valence-corrected chi connectivity index (χ1v) is 8.74. The average Bonchev–Trinajstić information content (AvgIpc) is 3.12. The highest BCUT2D eigenvalue weighted by atomic mass is 16.2. The molecular weight excluding hydrogens is 322 g/mol. The number of hydrogen-bond acceptors (Lipinski definition) is 2. The van der Waals surface area contributed by atoms with Gasteiger partial charge in [-0.2, -0.15) is 5.10 Å². The first-order valence-electron chi connectivity index (χ1n) is 8.74. The summed E-state index contributed by atoms with van der Waals surface area (Å²) in [6.07, 6.45) is 1.82. The Balaban J connectivity index is 2.09. The molecule has 1 amide bonds. The van der Waals surface area contributed by atoms with Gasteiger partial charge in [0.25, 0.3) is 5.91 Å². The van der Waals surface area contributed by atoms with Crippen molar-refractivity contribution < 1.29 is 4.79 Å². The van der Waals surface area contributed by atoms with Crippen LogP contribution in [0.5, 0.6) is 0 Å². The minimum absolute atomic E-state index is 0.0310. The third-order valence-electron chi connectivity index (χ3n) is 4.14. The fraction of sp³-hybridized carbons (Fsp3) is 0.182. The van der Waals surface area contributed by atoms with Crippen LogP contribution in [0.15, 0.2) is 79.0 Å². The number of carbonyl (C=O) groups excluding carboxylic acids is 1. The zero-order chi connectivity index (χ0) is 18.5. The minimum atomic E-state index is -0.0310. The molecule has 3 aromatic rings. The summed E-state index contributed by atoms with van der Waals surface area (Å²) in [6, 6.07) is 19.6. The maximum absolute atomic E-state index is 13.2. The van der Waals surface area contributed by atoms with Gasteiger partial charge in [-0.3, -0.25) is 4.79 Å². The van der Waals surface area contributed by atoms with Gasteiger partial charge < -0.3 is 4.90 Å². The predicted molar refractivity (Wildman–Crippen MR) is 105 cm³/mol. The molecule has 0 saturated heterocycles. The van der Waals surface area contributed by atoms with Gasteiger partial charge in [-0.15, -0.1) is 0 Å². The van der Waals surface area contributed by atoms with E-state index < -0.39 is 0 Å². The number of carbonyl (C=O) groups is 1. The van der Waals surface area contributed by atoms with E-state index in [1.807, 2.05) is 80.7 Å². The van der Waals surface area contributed by atoms with Gasteiger partial charge >= 0.3 is 0 Å². The first kappa shape index (κ1) is 17.7. The van der Waals surface area contributed by atoms with Crippen LogP contribution in [0.25, 0.3) is 16.9 Å². The van der Waals surface area contributed by atoms with Crippen molar-refractivity contribution in [3.05, 3.63) is 84.6 Å². The smallest absolute Gasteiger partial charge is 0.257 e. The average molecular weight is 345 g/mol. The summed E-state index contributed by atoms with van der Waals surface area (Å²) in [5.41, 5.74) is 4.10. The van der Waals surface area contributed by atoms with Crippen molar-refractivity contribution in [2.24, 2.45) is 0 Å². The van der Waals surface area contributed by atoms with Gasteiger partial charge in [0.15, 0.2) is 0 Å². The highest BCUT2D eigenvalue weighted by Crippen LogP contribution is 2.25. The number of para-hydroxylation sites is 1. The van der Waals surface area contributed by atoms with Crippen LogP contribution in [0.1, 0.15) is 24.2 Å². The van der Waals surface area contributed by atoms with E-state index in [1.54, 1.807) is 9.58 Å². The van der Waals surface area contributed by atoms with E-state index in [9.17, 15) is 4.79 Å². The predicted octanol–water partition coefficient (Wildman–Crippen LogP) is 4.58. The molecule has 0 N–H and O–H groups in total. The SMILES string of the molecule is C=C(C)CN(CC)C(=O)c1cn(-c2ccccc2)nc1-c1ccccc1. The Morgan fingerprint density at radius 1 is 1.08 bits per heavy atom. The first-order chi connectivity index (χ1) is 12.6. The molecular formula is C22H23N3O. The van der Waals surface area contributed by atoms with Crippen molar-refractivity contribution in [3.8, 4) is 16.9 Å². The molecule has 0 fully saturated rings. The van der Waals surface area contributed by atoms with Gasteiger partial charge in [0, 0.05) is 24.8 Å². The number of benzene rings is 2. The molecule has 132 valence electrons.